The summed E-state index contributed by atoms with van der Waals surface area (Å²) in [6.07, 6.45) is -3.85. The van der Waals surface area contributed by atoms with Crippen LogP contribution in [0.3, 0.4) is 0 Å². The van der Waals surface area contributed by atoms with E-state index < -0.39 is 17.2 Å². The highest BCUT2D eigenvalue weighted by molar-refractivity contribution is 6.36. The molecule has 4 heteroatoms. The van der Waals surface area contributed by atoms with Crippen molar-refractivity contribution in [3.63, 3.8) is 0 Å². The third-order valence-corrected chi connectivity index (χ3v) is 6.68. The van der Waals surface area contributed by atoms with Crippen LogP contribution in [-0.2, 0) is 23.4 Å². The average Bonchev–Trinajstić information content (AvgIpc) is 2.70. The number of fused-ring (bicyclic) bond motifs is 2. The van der Waals surface area contributed by atoms with Gasteiger partial charge in [-0.2, -0.15) is 13.2 Å². The second-order valence-corrected chi connectivity index (χ2v) is 10.9. The number of rotatable bonds is 3. The fourth-order valence-corrected chi connectivity index (χ4v) is 5.26. The Hall–Kier alpha value is -2.52. The van der Waals surface area contributed by atoms with Crippen molar-refractivity contribution < 1.29 is 13.2 Å². The lowest BCUT2D eigenvalue weighted by molar-refractivity contribution is -0.136. The highest BCUT2D eigenvalue weighted by Crippen LogP contribution is 2.42. The fourth-order valence-electron chi connectivity index (χ4n) is 4.91. The van der Waals surface area contributed by atoms with E-state index >= 15 is 0 Å². The van der Waals surface area contributed by atoms with E-state index in [9.17, 15) is 13.2 Å². The molecule has 0 radical (unpaired) electrons. The maximum absolute atomic E-state index is 13.9. The number of benzene rings is 4. The van der Waals surface area contributed by atoms with E-state index in [1.54, 1.807) is 12.1 Å². The number of hydrogen-bond donors (Lipinski definition) is 0. The van der Waals surface area contributed by atoms with Crippen LogP contribution in [0.25, 0.3) is 21.5 Å². The summed E-state index contributed by atoms with van der Waals surface area (Å²) in [5, 5.41) is 3.64. The van der Waals surface area contributed by atoms with Crippen LogP contribution < -0.4 is 0 Å². The van der Waals surface area contributed by atoms with Crippen molar-refractivity contribution in [3.8, 4) is 0 Å². The molecule has 0 nitrogen and oxygen atoms in total. The molecule has 4 aromatic rings. The third kappa shape index (κ3) is 4.48. The summed E-state index contributed by atoms with van der Waals surface area (Å²) in [6, 6.07) is 20.1. The molecule has 0 unspecified atom stereocenters. The highest BCUT2D eigenvalue weighted by atomic mass is 35.5. The lowest BCUT2D eigenvalue weighted by atomic mass is 9.76. The van der Waals surface area contributed by atoms with E-state index in [-0.39, 0.29) is 10.8 Å². The lowest BCUT2D eigenvalue weighted by Gasteiger charge is -2.29. The van der Waals surface area contributed by atoms with E-state index in [0.717, 1.165) is 16.3 Å². The zero-order valence-electron chi connectivity index (χ0n) is 19.6. The molecular weight excluding hydrogens is 441 g/mol. The van der Waals surface area contributed by atoms with Gasteiger partial charge in [0.25, 0.3) is 0 Å². The van der Waals surface area contributed by atoms with Gasteiger partial charge in [-0.3, -0.25) is 0 Å². The molecule has 4 aromatic carbocycles. The van der Waals surface area contributed by atoms with Crippen molar-refractivity contribution >= 4 is 33.1 Å². The Bertz CT molecular complexity index is 1340. The largest absolute Gasteiger partial charge is 0.417 e. The number of hydrogen-bond acceptors (Lipinski definition) is 0. The summed E-state index contributed by atoms with van der Waals surface area (Å²) in [7, 11) is 0. The van der Waals surface area contributed by atoms with E-state index in [4.69, 9.17) is 11.6 Å². The minimum absolute atomic E-state index is 0.0547. The van der Waals surface area contributed by atoms with Crippen molar-refractivity contribution in [2.45, 2.75) is 58.0 Å². The molecule has 0 fully saturated rings. The molecule has 33 heavy (non-hydrogen) atoms. The van der Waals surface area contributed by atoms with Gasteiger partial charge in [0.15, 0.2) is 0 Å². The molecule has 4 rings (SSSR count). The minimum Gasteiger partial charge on any atom is -0.166 e. The molecule has 0 N–H and O–H groups in total. The molecule has 0 aliphatic carbocycles. The van der Waals surface area contributed by atoms with E-state index in [1.165, 1.54) is 17.7 Å². The predicted octanol–water partition coefficient (Wildman–Crippen LogP) is 9.48. The van der Waals surface area contributed by atoms with Gasteiger partial charge in [0, 0.05) is 10.4 Å². The molecule has 0 heterocycles. The van der Waals surface area contributed by atoms with Crippen LogP contribution in [-0.4, -0.2) is 0 Å². The molecule has 0 saturated heterocycles. The number of alkyl halides is 3. The van der Waals surface area contributed by atoms with Crippen molar-refractivity contribution in [1.29, 1.82) is 0 Å². The van der Waals surface area contributed by atoms with Gasteiger partial charge in [-0.05, 0) is 62.2 Å². The van der Waals surface area contributed by atoms with Crippen molar-refractivity contribution in [2.75, 3.05) is 0 Å². The Kier molecular flexibility index (Phi) is 5.77. The van der Waals surface area contributed by atoms with Crippen molar-refractivity contribution in [2.24, 2.45) is 0 Å². The monoisotopic (exact) mass is 468 g/mol. The molecule has 0 spiro atoms. The third-order valence-electron chi connectivity index (χ3n) is 6.38. The van der Waals surface area contributed by atoms with Crippen LogP contribution in [0.15, 0.2) is 66.7 Å². The van der Waals surface area contributed by atoms with Crippen LogP contribution in [0, 0.1) is 0 Å². The second kappa shape index (κ2) is 8.06. The molecule has 0 aliphatic heterocycles. The summed E-state index contributed by atoms with van der Waals surface area (Å²) in [4.78, 5) is 0. The summed E-state index contributed by atoms with van der Waals surface area (Å²) < 4.78 is 41.6. The Morgan fingerprint density at radius 1 is 0.667 bits per heavy atom. The highest BCUT2D eigenvalue weighted by Gasteiger charge is 2.35. The van der Waals surface area contributed by atoms with Crippen LogP contribution in [0.1, 0.15) is 56.9 Å². The molecule has 0 saturated carbocycles. The average molecular weight is 469 g/mol. The minimum atomic E-state index is -4.42. The molecule has 172 valence electrons. The molecular formula is C29H28ClF3. The summed E-state index contributed by atoms with van der Waals surface area (Å²) in [5.41, 5.74) is 1.69. The Morgan fingerprint density at radius 2 is 1.21 bits per heavy atom. The normalized spacial score (nSPS) is 13.1. The van der Waals surface area contributed by atoms with Gasteiger partial charge in [-0.25, -0.2) is 0 Å². The van der Waals surface area contributed by atoms with Crippen LogP contribution in [0.5, 0.6) is 0 Å². The van der Waals surface area contributed by atoms with E-state index in [1.807, 2.05) is 44.2 Å². The number of halogens is 4. The standard InChI is InChI=1S/C29H28ClF3/c1-27(2,3)21-12-8-11-20-15-18(16-24(30)26(20)21)17-28(4,5)22-13-6-9-19-10-7-14-23(25(19)22)29(31,32)33/h6-16H,17H2,1-5H3. The van der Waals surface area contributed by atoms with Gasteiger partial charge >= 0.3 is 6.18 Å². The van der Waals surface area contributed by atoms with E-state index in [0.29, 0.717) is 22.4 Å². The predicted molar refractivity (Wildman–Crippen MR) is 133 cm³/mol. The summed E-state index contributed by atoms with van der Waals surface area (Å²) >= 11 is 6.78. The van der Waals surface area contributed by atoms with Crippen LogP contribution in [0.4, 0.5) is 13.2 Å². The molecule has 0 atom stereocenters. The van der Waals surface area contributed by atoms with Gasteiger partial charge in [0.1, 0.15) is 0 Å². The maximum Gasteiger partial charge on any atom is 0.417 e. The topological polar surface area (TPSA) is 0 Å². The van der Waals surface area contributed by atoms with Gasteiger partial charge in [-0.15, -0.1) is 0 Å². The Labute approximate surface area is 198 Å². The van der Waals surface area contributed by atoms with Crippen molar-refractivity contribution in [3.05, 3.63) is 94.0 Å². The quantitative estimate of drug-likeness (QED) is 0.281. The summed E-state index contributed by atoms with van der Waals surface area (Å²) in [5.74, 6) is 0. The Balaban J connectivity index is 1.85. The van der Waals surface area contributed by atoms with Crippen molar-refractivity contribution in [1.82, 2.24) is 0 Å². The SMILES string of the molecule is CC(C)(C)c1cccc2cc(CC(C)(C)c3cccc4cccc(C(F)(F)F)c34)cc(Cl)c12. The van der Waals surface area contributed by atoms with Gasteiger partial charge in [0.2, 0.25) is 0 Å². The lowest BCUT2D eigenvalue weighted by Crippen LogP contribution is -2.22. The molecule has 0 aromatic heterocycles. The zero-order valence-corrected chi connectivity index (χ0v) is 20.3. The van der Waals surface area contributed by atoms with Gasteiger partial charge < -0.3 is 0 Å². The maximum atomic E-state index is 13.9. The first kappa shape index (κ1) is 23.6. The van der Waals surface area contributed by atoms with E-state index in [2.05, 4.69) is 32.9 Å². The Morgan fingerprint density at radius 3 is 1.79 bits per heavy atom. The first-order chi connectivity index (χ1) is 15.3. The smallest absolute Gasteiger partial charge is 0.166 e. The van der Waals surface area contributed by atoms with Crippen LogP contribution in [0.2, 0.25) is 5.02 Å². The fraction of sp³-hybridized carbons (Fsp3) is 0.310. The zero-order chi connectivity index (χ0) is 24.2. The molecule has 0 amide bonds. The summed E-state index contributed by atoms with van der Waals surface area (Å²) in [6.45, 7) is 10.5. The molecule has 0 aliphatic rings. The molecule has 0 bridgehead atoms. The first-order valence-electron chi connectivity index (χ1n) is 11.1. The second-order valence-electron chi connectivity index (χ2n) is 10.5. The van der Waals surface area contributed by atoms with Gasteiger partial charge in [0.05, 0.1) is 5.56 Å². The van der Waals surface area contributed by atoms with Crippen LogP contribution >= 0.6 is 11.6 Å². The van der Waals surface area contributed by atoms with Gasteiger partial charge in [-0.1, -0.05) is 101 Å². The first-order valence-corrected chi connectivity index (χ1v) is 11.5.